The largest absolute Gasteiger partial charge is 0.445 e. The van der Waals surface area contributed by atoms with Gasteiger partial charge in [0.05, 0.1) is 24.3 Å². The molecule has 0 bridgehead atoms. The van der Waals surface area contributed by atoms with Gasteiger partial charge in [-0.2, -0.15) is 0 Å². The van der Waals surface area contributed by atoms with Gasteiger partial charge in [-0.1, -0.05) is 36.4 Å². The molecule has 1 aliphatic heterocycles. The van der Waals surface area contributed by atoms with E-state index in [9.17, 15) is 9.59 Å². The zero-order chi connectivity index (χ0) is 18.6. The summed E-state index contributed by atoms with van der Waals surface area (Å²) in [6.07, 6.45) is 0.438. The molecule has 6 heteroatoms. The number of hydrogen-bond acceptors (Lipinski definition) is 4. The third kappa shape index (κ3) is 4.32. The Bertz CT molecular complexity index is 615. The molecule has 1 aliphatic rings. The zero-order valence-corrected chi connectivity index (χ0v) is 15.2. The number of hydrogen-bond donors (Lipinski definition) is 0. The first-order chi connectivity index (χ1) is 11.8. The molecule has 0 aliphatic carbocycles. The maximum absolute atomic E-state index is 12.7. The van der Waals surface area contributed by atoms with Crippen molar-refractivity contribution in [3.05, 3.63) is 48.6 Å². The molecule has 136 valence electrons. The number of hydrazine groups is 1. The normalized spacial score (nSPS) is 20.1. The molecule has 0 N–H and O–H groups in total. The number of benzene rings is 1. The first-order valence-corrected chi connectivity index (χ1v) is 8.52. The van der Waals surface area contributed by atoms with E-state index in [0.717, 1.165) is 5.56 Å². The minimum absolute atomic E-state index is 0.295. The van der Waals surface area contributed by atoms with Gasteiger partial charge in [-0.3, -0.25) is 0 Å². The summed E-state index contributed by atoms with van der Waals surface area (Å²) in [5, 5.41) is 2.67. The van der Waals surface area contributed by atoms with Crippen LogP contribution in [0.1, 0.15) is 45.7 Å². The third-order valence-corrected chi connectivity index (χ3v) is 3.81. The van der Waals surface area contributed by atoms with Crippen LogP contribution in [0.5, 0.6) is 0 Å². The molecule has 2 rings (SSSR count). The summed E-state index contributed by atoms with van der Waals surface area (Å²) >= 11 is 0. The van der Waals surface area contributed by atoms with Gasteiger partial charge in [0, 0.05) is 6.42 Å². The van der Waals surface area contributed by atoms with Crippen LogP contribution in [0.25, 0.3) is 0 Å². The van der Waals surface area contributed by atoms with Crippen molar-refractivity contribution in [1.29, 1.82) is 0 Å². The fourth-order valence-electron chi connectivity index (χ4n) is 2.84. The first kappa shape index (κ1) is 18.8. The van der Waals surface area contributed by atoms with Crippen molar-refractivity contribution < 1.29 is 19.1 Å². The Hall–Kier alpha value is -2.50. The average molecular weight is 346 g/mol. The lowest BCUT2D eigenvalue weighted by Gasteiger charge is -2.33. The van der Waals surface area contributed by atoms with Crippen molar-refractivity contribution in [2.45, 2.75) is 58.4 Å². The molecule has 2 amide bonds. The highest BCUT2D eigenvalue weighted by Gasteiger charge is 2.46. The Morgan fingerprint density at radius 1 is 1.04 bits per heavy atom. The monoisotopic (exact) mass is 346 g/mol. The summed E-state index contributed by atoms with van der Waals surface area (Å²) in [5.41, 5.74) is 0.926. The topological polar surface area (TPSA) is 59.1 Å². The Morgan fingerprint density at radius 3 is 2.04 bits per heavy atom. The van der Waals surface area contributed by atoms with Crippen molar-refractivity contribution in [3.8, 4) is 0 Å². The standard InChI is InChI=1S/C19H26N2O4/c1-6-16-12-17(15-10-8-7-9-11-15)21(19(23)25-14(4)5)20(16)18(22)24-13(2)3/h6-11,13-14,16-17H,1,12H2,2-5H3/t16-,17+/m0/s1. The summed E-state index contributed by atoms with van der Waals surface area (Å²) in [5.74, 6) is 0. The van der Waals surface area contributed by atoms with E-state index in [1.165, 1.54) is 10.0 Å². The fourth-order valence-corrected chi connectivity index (χ4v) is 2.84. The van der Waals surface area contributed by atoms with Gasteiger partial charge in [-0.15, -0.1) is 6.58 Å². The van der Waals surface area contributed by atoms with Crippen LogP contribution in [0.2, 0.25) is 0 Å². The molecule has 0 spiro atoms. The molecular formula is C19H26N2O4. The van der Waals surface area contributed by atoms with E-state index in [0.29, 0.717) is 6.42 Å². The second-order valence-corrected chi connectivity index (χ2v) is 6.52. The quantitative estimate of drug-likeness (QED) is 0.763. The van der Waals surface area contributed by atoms with E-state index in [1.54, 1.807) is 33.8 Å². The van der Waals surface area contributed by atoms with Crippen molar-refractivity contribution in [2.24, 2.45) is 0 Å². The summed E-state index contributed by atoms with van der Waals surface area (Å²) < 4.78 is 10.7. The van der Waals surface area contributed by atoms with E-state index in [-0.39, 0.29) is 24.3 Å². The van der Waals surface area contributed by atoms with Crippen LogP contribution in [0.4, 0.5) is 9.59 Å². The molecule has 0 radical (unpaired) electrons. The van der Waals surface area contributed by atoms with Crippen molar-refractivity contribution in [1.82, 2.24) is 10.0 Å². The Balaban J connectivity index is 2.40. The molecule has 25 heavy (non-hydrogen) atoms. The van der Waals surface area contributed by atoms with Crippen molar-refractivity contribution in [3.63, 3.8) is 0 Å². The third-order valence-electron chi connectivity index (χ3n) is 3.81. The molecule has 6 nitrogen and oxygen atoms in total. The highest BCUT2D eigenvalue weighted by Crippen LogP contribution is 2.38. The van der Waals surface area contributed by atoms with Crippen molar-refractivity contribution >= 4 is 12.2 Å². The molecule has 2 atom stereocenters. The highest BCUT2D eigenvalue weighted by atomic mass is 16.6. The summed E-state index contributed by atoms with van der Waals surface area (Å²) in [4.78, 5) is 25.3. The smallest absolute Gasteiger partial charge is 0.429 e. The summed E-state index contributed by atoms with van der Waals surface area (Å²) in [6.45, 7) is 10.9. The molecule has 1 aromatic rings. The Morgan fingerprint density at radius 2 is 1.56 bits per heavy atom. The minimum Gasteiger partial charge on any atom is -0.445 e. The van der Waals surface area contributed by atoms with Gasteiger partial charge >= 0.3 is 12.2 Å². The Kier molecular flexibility index (Phi) is 6.07. The molecule has 1 heterocycles. The molecule has 0 unspecified atom stereocenters. The SMILES string of the molecule is C=C[C@H]1C[C@H](c2ccccc2)N(C(=O)OC(C)C)N1C(=O)OC(C)C. The van der Waals surface area contributed by atoms with Crippen molar-refractivity contribution in [2.75, 3.05) is 0 Å². The van der Waals surface area contributed by atoms with Gasteiger partial charge in [0.2, 0.25) is 0 Å². The van der Waals surface area contributed by atoms with E-state index >= 15 is 0 Å². The predicted molar refractivity (Wildman–Crippen MR) is 94.7 cm³/mol. The molecule has 1 fully saturated rings. The van der Waals surface area contributed by atoms with Crippen LogP contribution < -0.4 is 0 Å². The predicted octanol–water partition coefficient (Wildman–Crippen LogP) is 4.30. The molecule has 0 saturated carbocycles. The summed E-state index contributed by atoms with van der Waals surface area (Å²) in [7, 11) is 0. The van der Waals surface area contributed by atoms with E-state index < -0.39 is 12.2 Å². The van der Waals surface area contributed by atoms with E-state index in [1.807, 2.05) is 30.3 Å². The van der Waals surface area contributed by atoms with Gasteiger partial charge in [0.1, 0.15) is 0 Å². The van der Waals surface area contributed by atoms with E-state index in [4.69, 9.17) is 9.47 Å². The molecule has 1 aromatic carbocycles. The van der Waals surface area contributed by atoms with Gasteiger partial charge in [-0.05, 0) is 33.3 Å². The number of ether oxygens (including phenoxy) is 2. The first-order valence-electron chi connectivity index (χ1n) is 8.52. The number of carbonyl (C=O) groups is 2. The average Bonchev–Trinajstić information content (AvgIpc) is 2.94. The zero-order valence-electron chi connectivity index (χ0n) is 15.2. The van der Waals surface area contributed by atoms with Crippen LogP contribution in [-0.4, -0.2) is 40.5 Å². The van der Waals surface area contributed by atoms with Gasteiger partial charge < -0.3 is 9.47 Å². The second kappa shape index (κ2) is 8.05. The molecule has 1 saturated heterocycles. The number of rotatable bonds is 4. The maximum atomic E-state index is 12.7. The van der Waals surface area contributed by atoms with Gasteiger partial charge in [0.15, 0.2) is 0 Å². The maximum Gasteiger partial charge on any atom is 0.429 e. The van der Waals surface area contributed by atoms with E-state index in [2.05, 4.69) is 6.58 Å². The van der Waals surface area contributed by atoms with Gasteiger partial charge in [-0.25, -0.2) is 19.6 Å². The van der Waals surface area contributed by atoms with Gasteiger partial charge in [0.25, 0.3) is 0 Å². The molecular weight excluding hydrogens is 320 g/mol. The number of carbonyl (C=O) groups excluding carboxylic acids is 2. The fraction of sp³-hybridized carbons (Fsp3) is 0.474. The lowest BCUT2D eigenvalue weighted by Crippen LogP contribution is -2.49. The number of amides is 2. The lowest BCUT2D eigenvalue weighted by molar-refractivity contribution is -0.0319. The van der Waals surface area contributed by atoms with Crippen LogP contribution in [0, 0.1) is 0 Å². The van der Waals surface area contributed by atoms with Crippen LogP contribution in [0.3, 0.4) is 0 Å². The molecule has 0 aromatic heterocycles. The second-order valence-electron chi connectivity index (χ2n) is 6.52. The Labute approximate surface area is 149 Å². The van der Waals surface area contributed by atoms with Crippen LogP contribution >= 0.6 is 0 Å². The lowest BCUT2D eigenvalue weighted by atomic mass is 10.0. The summed E-state index contributed by atoms with van der Waals surface area (Å²) in [6, 6.07) is 8.89. The highest BCUT2D eigenvalue weighted by molar-refractivity contribution is 5.76. The minimum atomic E-state index is -0.584. The van der Waals surface area contributed by atoms with Crippen LogP contribution in [-0.2, 0) is 9.47 Å². The van der Waals surface area contributed by atoms with Crippen LogP contribution in [0.15, 0.2) is 43.0 Å². The number of nitrogens with zero attached hydrogens (tertiary/aromatic N) is 2.